The second-order valence-corrected chi connectivity index (χ2v) is 5.97. The highest BCUT2D eigenvalue weighted by Crippen LogP contribution is 2.25. The van der Waals surface area contributed by atoms with E-state index in [1.54, 1.807) is 36.4 Å². The summed E-state index contributed by atoms with van der Waals surface area (Å²) in [7, 11) is 1.41. The molecule has 2 rings (SSSR count). The average Bonchev–Trinajstić information content (AvgIpc) is 2.65. The van der Waals surface area contributed by atoms with Crippen LogP contribution in [0.4, 0.5) is 0 Å². The summed E-state index contributed by atoms with van der Waals surface area (Å²) in [6, 6.07) is 11.3. The van der Waals surface area contributed by atoms with Crippen LogP contribution in [0.1, 0.15) is 15.9 Å². The normalized spacial score (nSPS) is 10.5. The molecule has 0 unspecified atom stereocenters. The summed E-state index contributed by atoms with van der Waals surface area (Å²) >= 11 is 12.0. The van der Waals surface area contributed by atoms with E-state index in [0.29, 0.717) is 21.4 Å². The largest absolute Gasteiger partial charge is 0.496 e. The van der Waals surface area contributed by atoms with Crippen LogP contribution in [0.25, 0.3) is 6.08 Å². The van der Waals surface area contributed by atoms with Gasteiger partial charge in [-0.3, -0.25) is 14.9 Å². The minimum Gasteiger partial charge on any atom is -0.496 e. The zero-order valence-electron chi connectivity index (χ0n) is 14.2. The zero-order valence-corrected chi connectivity index (χ0v) is 15.7. The Bertz CT molecular complexity index is 875. The SMILES string of the molecule is COc1ccccc1C(=O)NC(=O)COC(=O)/C=C/c1c(Cl)cccc1Cl. The molecule has 0 aliphatic heterocycles. The number of carbonyl (C=O) groups excluding carboxylic acids is 3. The lowest BCUT2D eigenvalue weighted by molar-refractivity contribution is -0.143. The van der Waals surface area contributed by atoms with E-state index < -0.39 is 24.4 Å². The van der Waals surface area contributed by atoms with Crippen molar-refractivity contribution in [1.82, 2.24) is 5.32 Å². The standard InChI is InChI=1S/C19H15Cl2NO5/c1-26-16-8-3-2-5-13(16)19(25)22-17(23)11-27-18(24)10-9-12-14(20)6-4-7-15(12)21/h2-10H,11H2,1H3,(H,22,23,25)/b10-9+. The highest BCUT2D eigenvalue weighted by atomic mass is 35.5. The minimum absolute atomic E-state index is 0.188. The van der Waals surface area contributed by atoms with Gasteiger partial charge < -0.3 is 9.47 Å². The van der Waals surface area contributed by atoms with Gasteiger partial charge in [0.2, 0.25) is 0 Å². The Morgan fingerprint density at radius 2 is 1.70 bits per heavy atom. The number of imide groups is 1. The molecule has 0 aliphatic rings. The van der Waals surface area contributed by atoms with Crippen molar-refractivity contribution in [2.45, 2.75) is 0 Å². The molecule has 0 spiro atoms. The number of para-hydroxylation sites is 1. The lowest BCUT2D eigenvalue weighted by atomic mass is 10.2. The number of hydrogen-bond acceptors (Lipinski definition) is 5. The average molecular weight is 408 g/mol. The molecule has 0 aromatic heterocycles. The highest BCUT2D eigenvalue weighted by molar-refractivity contribution is 6.37. The maximum absolute atomic E-state index is 12.1. The van der Waals surface area contributed by atoms with Gasteiger partial charge in [0.05, 0.1) is 12.7 Å². The van der Waals surface area contributed by atoms with E-state index >= 15 is 0 Å². The molecule has 0 atom stereocenters. The predicted molar refractivity (Wildman–Crippen MR) is 102 cm³/mol. The van der Waals surface area contributed by atoms with Gasteiger partial charge in [-0.05, 0) is 30.3 Å². The zero-order chi connectivity index (χ0) is 19.8. The van der Waals surface area contributed by atoms with Crippen molar-refractivity contribution in [2.75, 3.05) is 13.7 Å². The van der Waals surface area contributed by atoms with Gasteiger partial charge in [-0.15, -0.1) is 0 Å². The lowest BCUT2D eigenvalue weighted by Crippen LogP contribution is -2.34. The molecule has 6 nitrogen and oxygen atoms in total. The van der Waals surface area contributed by atoms with Crippen LogP contribution in [0, 0.1) is 0 Å². The van der Waals surface area contributed by atoms with Crippen LogP contribution < -0.4 is 10.1 Å². The van der Waals surface area contributed by atoms with E-state index in [0.717, 1.165) is 6.08 Å². The van der Waals surface area contributed by atoms with Crippen LogP contribution in [0.5, 0.6) is 5.75 Å². The summed E-state index contributed by atoms with van der Waals surface area (Å²) in [6.45, 7) is -0.625. The Labute approximate surface area is 165 Å². The van der Waals surface area contributed by atoms with Gasteiger partial charge in [0.1, 0.15) is 5.75 Å². The monoisotopic (exact) mass is 407 g/mol. The molecule has 27 heavy (non-hydrogen) atoms. The number of nitrogens with one attached hydrogen (secondary N) is 1. The van der Waals surface area contributed by atoms with Crippen molar-refractivity contribution < 1.29 is 23.9 Å². The Hall–Kier alpha value is -2.83. The molecule has 2 aromatic rings. The summed E-state index contributed by atoms with van der Waals surface area (Å²) in [5, 5.41) is 2.85. The summed E-state index contributed by atoms with van der Waals surface area (Å²) in [4.78, 5) is 35.6. The van der Waals surface area contributed by atoms with Gasteiger partial charge in [0, 0.05) is 21.7 Å². The van der Waals surface area contributed by atoms with E-state index in [4.69, 9.17) is 32.7 Å². The fraction of sp³-hybridized carbons (Fsp3) is 0.105. The van der Waals surface area contributed by atoms with Crippen LogP contribution in [0.2, 0.25) is 10.0 Å². The number of carbonyl (C=O) groups is 3. The molecule has 140 valence electrons. The van der Waals surface area contributed by atoms with Crippen LogP contribution in [0.15, 0.2) is 48.5 Å². The topological polar surface area (TPSA) is 81.7 Å². The van der Waals surface area contributed by atoms with Crippen molar-refractivity contribution in [2.24, 2.45) is 0 Å². The smallest absolute Gasteiger partial charge is 0.331 e. The Morgan fingerprint density at radius 1 is 1.04 bits per heavy atom. The van der Waals surface area contributed by atoms with Crippen LogP contribution in [-0.4, -0.2) is 31.5 Å². The number of methoxy groups -OCH3 is 1. The van der Waals surface area contributed by atoms with E-state index in [2.05, 4.69) is 5.32 Å². The van der Waals surface area contributed by atoms with Crippen LogP contribution in [0.3, 0.4) is 0 Å². The highest BCUT2D eigenvalue weighted by Gasteiger charge is 2.15. The van der Waals surface area contributed by atoms with Gasteiger partial charge >= 0.3 is 5.97 Å². The third-order valence-electron chi connectivity index (χ3n) is 3.34. The number of rotatable bonds is 6. The molecule has 8 heteroatoms. The molecule has 0 fully saturated rings. The summed E-state index contributed by atoms with van der Waals surface area (Å²) in [6.07, 6.45) is 2.47. The molecule has 0 heterocycles. The third kappa shape index (κ3) is 5.84. The van der Waals surface area contributed by atoms with E-state index in [1.165, 1.54) is 19.3 Å². The number of ether oxygens (including phenoxy) is 2. The first-order valence-corrected chi connectivity index (χ1v) is 8.44. The number of esters is 1. The fourth-order valence-corrected chi connectivity index (χ4v) is 2.59. The van der Waals surface area contributed by atoms with Crippen LogP contribution in [-0.2, 0) is 14.3 Å². The minimum atomic E-state index is -0.786. The molecule has 0 aliphatic carbocycles. The van der Waals surface area contributed by atoms with Gasteiger partial charge in [-0.25, -0.2) is 4.79 Å². The fourth-order valence-electron chi connectivity index (χ4n) is 2.07. The number of halogens is 2. The maximum atomic E-state index is 12.1. The van der Waals surface area contributed by atoms with Crippen molar-refractivity contribution in [3.05, 3.63) is 69.7 Å². The Kier molecular flexibility index (Phi) is 7.40. The molecule has 0 bridgehead atoms. The van der Waals surface area contributed by atoms with Gasteiger partial charge in [-0.1, -0.05) is 41.4 Å². The second-order valence-electron chi connectivity index (χ2n) is 5.15. The molecule has 0 saturated carbocycles. The molecule has 1 N–H and O–H groups in total. The van der Waals surface area contributed by atoms with Crippen molar-refractivity contribution >= 4 is 47.1 Å². The van der Waals surface area contributed by atoms with E-state index in [1.807, 2.05) is 0 Å². The number of amides is 2. The lowest BCUT2D eigenvalue weighted by Gasteiger charge is -2.08. The molecular weight excluding hydrogens is 393 g/mol. The quantitative estimate of drug-likeness (QED) is 0.585. The number of hydrogen-bond donors (Lipinski definition) is 1. The first-order valence-electron chi connectivity index (χ1n) is 7.68. The first kappa shape index (κ1) is 20.5. The summed E-state index contributed by atoms with van der Waals surface area (Å²) < 4.78 is 9.84. The Morgan fingerprint density at radius 3 is 2.37 bits per heavy atom. The van der Waals surface area contributed by atoms with Crippen molar-refractivity contribution in [3.8, 4) is 5.75 Å². The first-order chi connectivity index (χ1) is 12.9. The van der Waals surface area contributed by atoms with E-state index in [-0.39, 0.29) is 5.56 Å². The third-order valence-corrected chi connectivity index (χ3v) is 4.00. The van der Waals surface area contributed by atoms with Gasteiger partial charge in [0.25, 0.3) is 11.8 Å². The van der Waals surface area contributed by atoms with Gasteiger partial charge in [0.15, 0.2) is 6.61 Å². The van der Waals surface area contributed by atoms with Crippen molar-refractivity contribution in [3.63, 3.8) is 0 Å². The molecule has 0 saturated heterocycles. The molecule has 2 aromatic carbocycles. The Balaban J connectivity index is 1.89. The second kappa shape index (κ2) is 9.75. The number of benzene rings is 2. The van der Waals surface area contributed by atoms with Crippen LogP contribution >= 0.6 is 23.2 Å². The van der Waals surface area contributed by atoms with E-state index in [9.17, 15) is 14.4 Å². The maximum Gasteiger partial charge on any atom is 0.331 e. The summed E-state index contributed by atoms with van der Waals surface area (Å²) in [5.74, 6) is -1.90. The molecule has 0 radical (unpaired) electrons. The molecule has 2 amide bonds. The van der Waals surface area contributed by atoms with Crippen molar-refractivity contribution in [1.29, 1.82) is 0 Å². The predicted octanol–water partition coefficient (Wildman–Crippen LogP) is 3.52. The summed E-state index contributed by atoms with van der Waals surface area (Å²) in [5.41, 5.74) is 0.640. The van der Waals surface area contributed by atoms with Gasteiger partial charge in [-0.2, -0.15) is 0 Å². The molecular formula is C19H15Cl2NO5.